The van der Waals surface area contributed by atoms with Crippen LogP contribution in [0, 0.1) is 5.41 Å². The number of amides is 1. The van der Waals surface area contributed by atoms with Gasteiger partial charge in [-0.3, -0.25) is 9.59 Å². The van der Waals surface area contributed by atoms with Gasteiger partial charge >= 0.3 is 5.97 Å². The van der Waals surface area contributed by atoms with Crippen molar-refractivity contribution in [1.82, 2.24) is 5.32 Å². The fourth-order valence-electron chi connectivity index (χ4n) is 1.49. The number of carbonyl (C=O) groups excluding carboxylic acids is 1. The zero-order valence-corrected chi connectivity index (χ0v) is 11.3. The number of nitrogens with two attached hydrogens (primary N) is 1. The van der Waals surface area contributed by atoms with Crippen LogP contribution in [0.15, 0.2) is 24.3 Å². The summed E-state index contributed by atoms with van der Waals surface area (Å²) < 4.78 is 0. The Kier molecular flexibility index (Phi) is 4.92. The van der Waals surface area contributed by atoms with E-state index in [1.807, 2.05) is 18.2 Å². The number of carboxylic acids is 1. The molecule has 1 aromatic carbocycles. The number of nitrogens with one attached hydrogen (secondary N) is 1. The van der Waals surface area contributed by atoms with Gasteiger partial charge < -0.3 is 16.2 Å². The highest BCUT2D eigenvalue weighted by Gasteiger charge is 2.27. The number of anilines is 1. The summed E-state index contributed by atoms with van der Waals surface area (Å²) in [4.78, 5) is 22.5. The standard InChI is InChI=1S/C14H20N2O3/c1-14(2,13(18)19)9-16-12(17)8-7-10-5-3-4-6-11(10)15/h3-6H,7-9,15H2,1-2H3,(H,16,17)(H,18,19). The molecule has 0 spiro atoms. The average Bonchev–Trinajstić information content (AvgIpc) is 2.35. The Morgan fingerprint density at radius 1 is 1.32 bits per heavy atom. The molecule has 0 radical (unpaired) electrons. The topological polar surface area (TPSA) is 92.4 Å². The lowest BCUT2D eigenvalue weighted by molar-refractivity contribution is -0.146. The third-order valence-corrected chi connectivity index (χ3v) is 2.98. The molecule has 0 saturated heterocycles. The fraction of sp³-hybridized carbons (Fsp3) is 0.429. The molecule has 1 aromatic rings. The van der Waals surface area contributed by atoms with Crippen LogP contribution in [0.25, 0.3) is 0 Å². The first-order valence-corrected chi connectivity index (χ1v) is 6.16. The largest absolute Gasteiger partial charge is 0.481 e. The number of rotatable bonds is 6. The molecule has 19 heavy (non-hydrogen) atoms. The van der Waals surface area contributed by atoms with Crippen LogP contribution in [0.4, 0.5) is 5.69 Å². The monoisotopic (exact) mass is 264 g/mol. The highest BCUT2D eigenvalue weighted by atomic mass is 16.4. The third-order valence-electron chi connectivity index (χ3n) is 2.98. The number of benzene rings is 1. The Labute approximate surface area is 112 Å². The van der Waals surface area contributed by atoms with Gasteiger partial charge in [0.15, 0.2) is 0 Å². The molecule has 0 aliphatic heterocycles. The molecule has 0 bridgehead atoms. The van der Waals surface area contributed by atoms with E-state index < -0.39 is 11.4 Å². The number of hydrogen-bond acceptors (Lipinski definition) is 3. The van der Waals surface area contributed by atoms with Gasteiger partial charge in [-0.25, -0.2) is 0 Å². The predicted molar refractivity (Wildman–Crippen MR) is 73.6 cm³/mol. The quantitative estimate of drug-likeness (QED) is 0.678. The van der Waals surface area contributed by atoms with E-state index in [1.165, 1.54) is 0 Å². The third kappa shape index (κ3) is 4.62. The van der Waals surface area contributed by atoms with Crippen LogP contribution >= 0.6 is 0 Å². The maximum atomic E-state index is 11.7. The molecule has 0 aliphatic rings. The van der Waals surface area contributed by atoms with Crippen LogP contribution in [0.2, 0.25) is 0 Å². The number of aryl methyl sites for hydroxylation is 1. The molecular weight excluding hydrogens is 244 g/mol. The summed E-state index contributed by atoms with van der Waals surface area (Å²) in [5.41, 5.74) is 6.42. The Morgan fingerprint density at radius 2 is 1.95 bits per heavy atom. The van der Waals surface area contributed by atoms with Crippen LogP contribution in [-0.4, -0.2) is 23.5 Å². The van der Waals surface area contributed by atoms with Gasteiger partial charge in [-0.15, -0.1) is 0 Å². The maximum Gasteiger partial charge on any atom is 0.310 e. The summed E-state index contributed by atoms with van der Waals surface area (Å²) >= 11 is 0. The molecule has 0 saturated carbocycles. The van der Waals surface area contributed by atoms with Crippen molar-refractivity contribution in [2.75, 3.05) is 12.3 Å². The molecule has 4 N–H and O–H groups in total. The van der Waals surface area contributed by atoms with Crippen molar-refractivity contribution >= 4 is 17.6 Å². The van der Waals surface area contributed by atoms with Crippen molar-refractivity contribution in [3.63, 3.8) is 0 Å². The minimum absolute atomic E-state index is 0.117. The summed E-state index contributed by atoms with van der Waals surface area (Å²) in [6.45, 7) is 3.26. The molecule has 5 nitrogen and oxygen atoms in total. The van der Waals surface area contributed by atoms with Gasteiger partial charge in [-0.2, -0.15) is 0 Å². The van der Waals surface area contributed by atoms with E-state index in [1.54, 1.807) is 19.9 Å². The van der Waals surface area contributed by atoms with Crippen LogP contribution in [-0.2, 0) is 16.0 Å². The molecule has 0 heterocycles. The summed E-state index contributed by atoms with van der Waals surface area (Å²) in [6, 6.07) is 7.38. The first-order valence-electron chi connectivity index (χ1n) is 6.16. The van der Waals surface area contributed by atoms with Gasteiger partial charge in [0.2, 0.25) is 5.91 Å². The van der Waals surface area contributed by atoms with Crippen molar-refractivity contribution in [1.29, 1.82) is 0 Å². The van der Waals surface area contributed by atoms with Crippen molar-refractivity contribution in [2.24, 2.45) is 5.41 Å². The van der Waals surface area contributed by atoms with Gasteiger partial charge in [0.25, 0.3) is 0 Å². The van der Waals surface area contributed by atoms with Gasteiger partial charge in [-0.1, -0.05) is 18.2 Å². The van der Waals surface area contributed by atoms with Crippen LogP contribution in [0.3, 0.4) is 0 Å². The number of carboxylic acid groups (broad SMARTS) is 1. The summed E-state index contributed by atoms with van der Waals surface area (Å²) in [6.07, 6.45) is 0.843. The van der Waals surface area contributed by atoms with Crippen molar-refractivity contribution in [2.45, 2.75) is 26.7 Å². The van der Waals surface area contributed by atoms with Crippen molar-refractivity contribution in [3.05, 3.63) is 29.8 Å². The molecule has 1 rings (SSSR count). The lowest BCUT2D eigenvalue weighted by atomic mass is 9.94. The molecule has 0 aliphatic carbocycles. The lowest BCUT2D eigenvalue weighted by Crippen LogP contribution is -2.38. The van der Waals surface area contributed by atoms with E-state index >= 15 is 0 Å². The highest BCUT2D eigenvalue weighted by molar-refractivity contribution is 5.78. The van der Waals surface area contributed by atoms with E-state index in [-0.39, 0.29) is 12.5 Å². The fourth-order valence-corrected chi connectivity index (χ4v) is 1.49. The summed E-state index contributed by atoms with van der Waals surface area (Å²) in [7, 11) is 0. The SMILES string of the molecule is CC(C)(CNC(=O)CCc1ccccc1N)C(=O)O. The number of carbonyl (C=O) groups is 2. The maximum absolute atomic E-state index is 11.7. The molecule has 0 unspecified atom stereocenters. The van der Waals surface area contributed by atoms with Crippen LogP contribution < -0.4 is 11.1 Å². The minimum atomic E-state index is -0.957. The van der Waals surface area contributed by atoms with Crippen molar-refractivity contribution < 1.29 is 14.7 Å². The van der Waals surface area contributed by atoms with Crippen LogP contribution in [0.1, 0.15) is 25.8 Å². The Hall–Kier alpha value is -2.04. The number of aliphatic carboxylic acids is 1. The van der Waals surface area contributed by atoms with E-state index in [2.05, 4.69) is 5.32 Å². The van der Waals surface area contributed by atoms with Gasteiger partial charge in [0, 0.05) is 18.7 Å². The molecular formula is C14H20N2O3. The Bertz CT molecular complexity index is 470. The van der Waals surface area contributed by atoms with E-state index in [9.17, 15) is 9.59 Å². The highest BCUT2D eigenvalue weighted by Crippen LogP contribution is 2.14. The number of para-hydroxylation sites is 1. The Morgan fingerprint density at radius 3 is 2.53 bits per heavy atom. The zero-order valence-electron chi connectivity index (χ0n) is 11.3. The first kappa shape index (κ1) is 15.0. The predicted octanol–water partition coefficient (Wildman–Crippen LogP) is 1.43. The van der Waals surface area contributed by atoms with Crippen LogP contribution in [0.5, 0.6) is 0 Å². The second-order valence-corrected chi connectivity index (χ2v) is 5.16. The average molecular weight is 264 g/mol. The second kappa shape index (κ2) is 6.22. The normalized spacial score (nSPS) is 11.1. The van der Waals surface area contributed by atoms with Gasteiger partial charge in [0.1, 0.15) is 0 Å². The van der Waals surface area contributed by atoms with E-state index in [0.29, 0.717) is 18.5 Å². The molecule has 104 valence electrons. The summed E-state index contributed by atoms with van der Waals surface area (Å²) in [5, 5.41) is 11.6. The lowest BCUT2D eigenvalue weighted by Gasteiger charge is -2.19. The summed E-state index contributed by atoms with van der Waals surface area (Å²) in [5.74, 6) is -1.10. The van der Waals surface area contributed by atoms with E-state index in [4.69, 9.17) is 10.8 Å². The number of nitrogen functional groups attached to an aromatic ring is 1. The molecule has 0 atom stereocenters. The zero-order chi connectivity index (χ0) is 14.5. The van der Waals surface area contributed by atoms with Crippen molar-refractivity contribution in [3.8, 4) is 0 Å². The molecule has 0 fully saturated rings. The Balaban J connectivity index is 2.41. The van der Waals surface area contributed by atoms with Gasteiger partial charge in [-0.05, 0) is 31.9 Å². The first-order chi connectivity index (χ1) is 8.83. The van der Waals surface area contributed by atoms with Gasteiger partial charge in [0.05, 0.1) is 5.41 Å². The molecule has 0 aromatic heterocycles. The van der Waals surface area contributed by atoms with E-state index in [0.717, 1.165) is 5.56 Å². The second-order valence-electron chi connectivity index (χ2n) is 5.16. The molecule has 1 amide bonds. The minimum Gasteiger partial charge on any atom is -0.481 e. The number of hydrogen-bond donors (Lipinski definition) is 3. The molecule has 5 heteroatoms. The smallest absolute Gasteiger partial charge is 0.310 e.